The second-order valence-electron chi connectivity index (χ2n) is 4.47. The first-order valence-electron chi connectivity index (χ1n) is 6.57. The average Bonchev–Trinajstić information content (AvgIpc) is 2.50. The predicted octanol–water partition coefficient (Wildman–Crippen LogP) is 2.06. The van der Waals surface area contributed by atoms with Crippen molar-refractivity contribution in [2.45, 2.75) is 11.8 Å². The topological polar surface area (TPSA) is 63.7 Å². The maximum atomic E-state index is 12.6. The summed E-state index contributed by atoms with van der Waals surface area (Å²) in [5, 5.41) is 0. The Morgan fingerprint density at radius 2 is 1.95 bits per heavy atom. The normalized spacial score (nSPS) is 11.4. The van der Waals surface area contributed by atoms with Crippen LogP contribution in [-0.2, 0) is 19.6 Å². The first-order valence-corrected chi connectivity index (χ1v) is 8.01. The van der Waals surface area contributed by atoms with Crippen molar-refractivity contribution in [3.05, 3.63) is 60.4 Å². The van der Waals surface area contributed by atoms with Crippen LogP contribution in [0.2, 0.25) is 0 Å². The Kier molecular flexibility index (Phi) is 6.79. The molecule has 1 rings (SSSR count). The summed E-state index contributed by atoms with van der Waals surface area (Å²) in [5.74, 6) is -0.535. The van der Waals surface area contributed by atoms with Crippen molar-refractivity contribution in [1.29, 1.82) is 0 Å². The van der Waals surface area contributed by atoms with Gasteiger partial charge in [-0.1, -0.05) is 30.4 Å². The Hall–Kier alpha value is -2.14. The lowest BCUT2D eigenvalue weighted by atomic mass is 10.2. The number of methoxy groups -OCH3 is 1. The summed E-state index contributed by atoms with van der Waals surface area (Å²) in [6.45, 7) is 5.47. The summed E-state index contributed by atoms with van der Waals surface area (Å²) in [6, 6.07) is 6.58. The summed E-state index contributed by atoms with van der Waals surface area (Å²) in [7, 11) is -2.41. The molecular weight excluding hydrogens is 302 g/mol. The highest BCUT2D eigenvalue weighted by molar-refractivity contribution is 7.89. The molecule has 0 amide bonds. The lowest BCUT2D eigenvalue weighted by Gasteiger charge is -2.19. The minimum absolute atomic E-state index is 0.0451. The number of rotatable bonds is 7. The fourth-order valence-electron chi connectivity index (χ4n) is 1.63. The molecule has 0 N–H and O–H groups in total. The molecule has 0 spiro atoms. The van der Waals surface area contributed by atoms with Crippen LogP contribution in [0.1, 0.15) is 5.56 Å². The van der Waals surface area contributed by atoms with E-state index in [4.69, 9.17) is 0 Å². The van der Waals surface area contributed by atoms with Gasteiger partial charge in [-0.25, -0.2) is 13.2 Å². The van der Waals surface area contributed by atoms with Crippen molar-refractivity contribution >= 4 is 16.0 Å². The van der Waals surface area contributed by atoms with Crippen LogP contribution in [0.5, 0.6) is 0 Å². The van der Waals surface area contributed by atoms with E-state index in [2.05, 4.69) is 17.0 Å². The third-order valence-corrected chi connectivity index (χ3v) is 4.71. The Morgan fingerprint density at radius 1 is 1.32 bits per heavy atom. The molecule has 118 valence electrons. The van der Waals surface area contributed by atoms with E-state index in [-0.39, 0.29) is 18.0 Å². The highest BCUT2D eigenvalue weighted by atomic mass is 32.2. The van der Waals surface area contributed by atoms with Crippen molar-refractivity contribution in [2.24, 2.45) is 0 Å². The zero-order chi connectivity index (χ0) is 16.6. The molecule has 1 aromatic carbocycles. The highest BCUT2D eigenvalue weighted by Crippen LogP contribution is 2.16. The minimum Gasteiger partial charge on any atom is -0.466 e. The Morgan fingerprint density at radius 3 is 2.50 bits per heavy atom. The first-order chi connectivity index (χ1) is 10.4. The third kappa shape index (κ3) is 5.00. The Labute approximate surface area is 131 Å². The van der Waals surface area contributed by atoms with Crippen LogP contribution in [-0.4, -0.2) is 38.9 Å². The third-order valence-electron chi connectivity index (χ3n) is 2.86. The molecule has 0 saturated carbocycles. The van der Waals surface area contributed by atoms with Gasteiger partial charge in [0.1, 0.15) is 0 Å². The lowest BCUT2D eigenvalue weighted by Crippen LogP contribution is -2.31. The van der Waals surface area contributed by atoms with Crippen LogP contribution < -0.4 is 0 Å². The van der Waals surface area contributed by atoms with Crippen LogP contribution >= 0.6 is 0 Å². The average molecular weight is 321 g/mol. The predicted molar refractivity (Wildman–Crippen MR) is 84.8 cm³/mol. The van der Waals surface area contributed by atoms with Crippen LogP contribution in [0.15, 0.2) is 59.7 Å². The van der Waals surface area contributed by atoms with Gasteiger partial charge in [0.15, 0.2) is 0 Å². The molecule has 0 unspecified atom stereocenters. The summed E-state index contributed by atoms with van der Waals surface area (Å²) in [6.07, 6.45) is 4.14. The van der Waals surface area contributed by atoms with Gasteiger partial charge in [0.05, 0.1) is 12.0 Å². The van der Waals surface area contributed by atoms with E-state index in [9.17, 15) is 13.2 Å². The molecule has 0 aliphatic heterocycles. The molecule has 5 nitrogen and oxygen atoms in total. The Balaban J connectivity index is 3.03. The van der Waals surface area contributed by atoms with Crippen LogP contribution in [0, 0.1) is 6.92 Å². The van der Waals surface area contributed by atoms with Gasteiger partial charge in [-0.3, -0.25) is 0 Å². The molecular formula is C16H19NO4S. The van der Waals surface area contributed by atoms with Gasteiger partial charge >= 0.3 is 5.97 Å². The fraction of sp³-hybridized carbons (Fsp3) is 0.250. The van der Waals surface area contributed by atoms with Gasteiger partial charge in [0.2, 0.25) is 10.0 Å². The molecule has 0 heterocycles. The van der Waals surface area contributed by atoms with Gasteiger partial charge in [0.25, 0.3) is 0 Å². The van der Waals surface area contributed by atoms with E-state index in [1.54, 1.807) is 24.3 Å². The molecule has 0 atom stereocenters. The highest BCUT2D eigenvalue weighted by Gasteiger charge is 2.22. The fourth-order valence-corrected chi connectivity index (χ4v) is 2.96. The van der Waals surface area contributed by atoms with Crippen molar-refractivity contribution in [2.75, 3.05) is 20.2 Å². The van der Waals surface area contributed by atoms with Crippen LogP contribution in [0.3, 0.4) is 0 Å². The van der Waals surface area contributed by atoms with Crippen LogP contribution in [0.25, 0.3) is 0 Å². The van der Waals surface area contributed by atoms with Crippen LogP contribution in [0.4, 0.5) is 0 Å². The van der Waals surface area contributed by atoms with E-state index < -0.39 is 16.0 Å². The monoisotopic (exact) mass is 321 g/mol. The number of carbonyl (C=O) groups excluding carboxylic acids is 1. The number of nitrogens with zero attached hydrogens (tertiary/aromatic N) is 1. The smallest absolute Gasteiger partial charge is 0.330 e. The number of ether oxygens (including phenoxy) is 1. The summed E-state index contributed by atoms with van der Waals surface area (Å²) >= 11 is 0. The zero-order valence-electron chi connectivity index (χ0n) is 12.7. The van der Waals surface area contributed by atoms with Gasteiger partial charge in [-0.2, -0.15) is 4.31 Å². The molecule has 0 aliphatic rings. The Bertz CT molecular complexity index is 683. The number of hydrogen-bond acceptors (Lipinski definition) is 4. The van der Waals surface area contributed by atoms with Crippen molar-refractivity contribution < 1.29 is 17.9 Å². The van der Waals surface area contributed by atoms with Crippen molar-refractivity contribution in [3.63, 3.8) is 0 Å². The lowest BCUT2D eigenvalue weighted by molar-refractivity contribution is -0.134. The molecule has 1 aromatic rings. The molecule has 22 heavy (non-hydrogen) atoms. The van der Waals surface area contributed by atoms with E-state index in [1.807, 2.05) is 6.92 Å². The number of sulfonamides is 1. The zero-order valence-corrected chi connectivity index (χ0v) is 13.5. The number of benzene rings is 1. The second-order valence-corrected chi connectivity index (χ2v) is 6.41. The quantitative estimate of drug-likeness (QED) is 0.438. The molecule has 0 radical (unpaired) electrons. The largest absolute Gasteiger partial charge is 0.466 e. The van der Waals surface area contributed by atoms with E-state index in [0.29, 0.717) is 0 Å². The van der Waals surface area contributed by atoms with Crippen molar-refractivity contribution in [3.8, 4) is 0 Å². The summed E-state index contributed by atoms with van der Waals surface area (Å²) < 4.78 is 30.9. The van der Waals surface area contributed by atoms with E-state index >= 15 is 0 Å². The molecule has 0 bridgehead atoms. The first kappa shape index (κ1) is 17.9. The maximum Gasteiger partial charge on any atom is 0.330 e. The summed E-state index contributed by atoms with van der Waals surface area (Å²) in [5.41, 5.74) is 3.52. The minimum atomic E-state index is -3.66. The number of aryl methyl sites for hydroxylation is 1. The van der Waals surface area contributed by atoms with Gasteiger partial charge < -0.3 is 4.74 Å². The molecule has 0 saturated heterocycles. The van der Waals surface area contributed by atoms with E-state index in [0.717, 1.165) is 5.56 Å². The summed E-state index contributed by atoms with van der Waals surface area (Å²) in [4.78, 5) is 11.3. The van der Waals surface area contributed by atoms with Gasteiger partial charge in [-0.05, 0) is 25.1 Å². The van der Waals surface area contributed by atoms with Crippen molar-refractivity contribution in [1.82, 2.24) is 4.31 Å². The standard InChI is InChI=1S/C16H19NO4S/c1-4-5-12-17(13-6-7-16(18)21-3)22(19,20)15-10-8-14(2)9-11-15/h5-11H,1,12-13H2,2-3H3/b7-6+. The maximum absolute atomic E-state index is 12.6. The molecule has 0 aromatic heterocycles. The number of carbonyl (C=O) groups is 1. The molecule has 6 heteroatoms. The molecule has 0 fully saturated rings. The molecule has 0 aliphatic carbocycles. The van der Waals surface area contributed by atoms with Gasteiger partial charge in [0, 0.05) is 19.2 Å². The second kappa shape index (κ2) is 8.34. The van der Waals surface area contributed by atoms with E-state index in [1.165, 1.54) is 29.6 Å². The van der Waals surface area contributed by atoms with Gasteiger partial charge in [-0.15, -0.1) is 5.73 Å². The number of hydrogen-bond donors (Lipinski definition) is 0. The number of esters is 1. The SMILES string of the molecule is C=C=CCN(C/C=C/C(=O)OC)S(=O)(=O)c1ccc(C)cc1.